The summed E-state index contributed by atoms with van der Waals surface area (Å²) >= 11 is 0. The molecule has 0 saturated carbocycles. The molecular weight excluding hydrogens is 266 g/mol. The summed E-state index contributed by atoms with van der Waals surface area (Å²) in [6, 6.07) is 0.558. The number of methoxy groups -OCH3 is 2. The lowest BCUT2D eigenvalue weighted by molar-refractivity contribution is -0.144. The molecule has 1 amide bonds. The van der Waals surface area contributed by atoms with E-state index in [1.165, 1.54) is 27.2 Å². The van der Waals surface area contributed by atoms with E-state index in [2.05, 4.69) is 15.3 Å². The summed E-state index contributed by atoms with van der Waals surface area (Å²) < 4.78 is 14.6. The van der Waals surface area contributed by atoms with Crippen LogP contribution in [0.15, 0.2) is 6.07 Å². The lowest BCUT2D eigenvalue weighted by atomic mass is 10.3. The van der Waals surface area contributed by atoms with Crippen LogP contribution in [0.5, 0.6) is 11.9 Å². The highest BCUT2D eigenvalue weighted by Crippen LogP contribution is 2.13. The zero-order chi connectivity index (χ0) is 15.1. The number of carbonyl (C=O) groups is 2. The molecule has 1 aromatic heterocycles. The summed E-state index contributed by atoms with van der Waals surface area (Å²) in [6.07, 6.45) is 0. The van der Waals surface area contributed by atoms with Gasteiger partial charge in [-0.1, -0.05) is 0 Å². The first kappa shape index (κ1) is 15.7. The average Bonchev–Trinajstić information content (AvgIpc) is 2.46. The first-order valence-electron chi connectivity index (χ1n) is 5.96. The molecule has 1 unspecified atom stereocenters. The molecule has 1 aromatic rings. The highest BCUT2D eigenvalue weighted by molar-refractivity contribution is 5.95. The summed E-state index contributed by atoms with van der Waals surface area (Å²) in [5, 5.41) is 2.47. The Kier molecular flexibility index (Phi) is 5.70. The fraction of sp³-hybridized carbons (Fsp3) is 0.500. The largest absolute Gasteiger partial charge is 0.481 e. The zero-order valence-corrected chi connectivity index (χ0v) is 11.8. The van der Waals surface area contributed by atoms with E-state index in [0.29, 0.717) is 0 Å². The minimum absolute atomic E-state index is 0.00159. The molecule has 1 N–H and O–H groups in total. The highest BCUT2D eigenvalue weighted by Gasteiger charge is 2.19. The van der Waals surface area contributed by atoms with Gasteiger partial charge in [0.05, 0.1) is 20.8 Å². The van der Waals surface area contributed by atoms with Crippen molar-refractivity contribution in [3.8, 4) is 11.9 Å². The van der Waals surface area contributed by atoms with Crippen LogP contribution < -0.4 is 14.8 Å². The summed E-state index contributed by atoms with van der Waals surface area (Å²) in [7, 11) is 2.78. The molecule has 0 fully saturated rings. The monoisotopic (exact) mass is 283 g/mol. The number of ether oxygens (including phenoxy) is 3. The number of aromatic nitrogens is 2. The Labute approximate surface area is 116 Å². The van der Waals surface area contributed by atoms with E-state index in [1.54, 1.807) is 6.92 Å². The molecule has 0 aliphatic heterocycles. The lowest BCUT2D eigenvalue weighted by Crippen LogP contribution is -2.39. The molecular formula is C12H17N3O5. The topological polar surface area (TPSA) is 99.6 Å². The number of hydrogen-bond acceptors (Lipinski definition) is 7. The first-order valence-corrected chi connectivity index (χ1v) is 5.96. The summed E-state index contributed by atoms with van der Waals surface area (Å²) in [4.78, 5) is 31.2. The molecule has 0 spiro atoms. The number of nitrogens with one attached hydrogen (secondary N) is 1. The zero-order valence-electron chi connectivity index (χ0n) is 11.8. The van der Waals surface area contributed by atoms with Crippen molar-refractivity contribution in [1.82, 2.24) is 15.3 Å². The molecule has 1 rings (SSSR count). The van der Waals surface area contributed by atoms with Gasteiger partial charge in [0.15, 0.2) is 0 Å². The number of amides is 1. The number of hydrogen-bond donors (Lipinski definition) is 1. The van der Waals surface area contributed by atoms with Gasteiger partial charge in [-0.15, -0.1) is 0 Å². The van der Waals surface area contributed by atoms with Crippen molar-refractivity contribution >= 4 is 11.9 Å². The summed E-state index contributed by atoms with van der Waals surface area (Å²) in [5.74, 6) is -0.885. The number of nitrogens with zero attached hydrogens (tertiary/aromatic N) is 2. The standard InChI is InChI=1S/C12H17N3O5/c1-5-20-11(17)7(2)13-10(16)8-6-9(18-3)15-12(14-8)19-4/h6-7H,5H2,1-4H3,(H,13,16). The second-order valence-corrected chi connectivity index (χ2v) is 3.73. The third-order valence-corrected chi connectivity index (χ3v) is 2.29. The second-order valence-electron chi connectivity index (χ2n) is 3.73. The number of esters is 1. The van der Waals surface area contributed by atoms with Gasteiger partial charge in [-0.05, 0) is 13.8 Å². The Morgan fingerprint density at radius 3 is 2.55 bits per heavy atom. The number of carbonyl (C=O) groups excluding carboxylic acids is 2. The SMILES string of the molecule is CCOC(=O)C(C)NC(=O)c1cc(OC)nc(OC)n1. The molecule has 8 heteroatoms. The predicted octanol–water partition coefficient (Wildman–Crippen LogP) is 0.175. The van der Waals surface area contributed by atoms with E-state index in [-0.39, 0.29) is 24.2 Å². The highest BCUT2D eigenvalue weighted by atomic mass is 16.5. The van der Waals surface area contributed by atoms with E-state index in [4.69, 9.17) is 14.2 Å². The van der Waals surface area contributed by atoms with Crippen molar-refractivity contribution in [2.24, 2.45) is 0 Å². The normalized spacial score (nSPS) is 11.4. The Hall–Kier alpha value is -2.38. The summed E-state index contributed by atoms with van der Waals surface area (Å²) in [6.45, 7) is 3.45. The minimum Gasteiger partial charge on any atom is -0.481 e. The van der Waals surface area contributed by atoms with Crippen molar-refractivity contribution in [2.75, 3.05) is 20.8 Å². The van der Waals surface area contributed by atoms with Crippen LogP contribution in [0.3, 0.4) is 0 Å². The van der Waals surface area contributed by atoms with Crippen molar-refractivity contribution in [2.45, 2.75) is 19.9 Å². The fourth-order valence-electron chi connectivity index (χ4n) is 1.31. The molecule has 0 aliphatic rings. The van der Waals surface area contributed by atoms with E-state index in [0.717, 1.165) is 0 Å². The van der Waals surface area contributed by atoms with Crippen molar-refractivity contribution in [3.05, 3.63) is 11.8 Å². The van der Waals surface area contributed by atoms with Gasteiger partial charge in [-0.3, -0.25) is 4.79 Å². The number of rotatable bonds is 6. The van der Waals surface area contributed by atoms with E-state index in [1.807, 2.05) is 0 Å². The Balaban J connectivity index is 2.84. The maximum absolute atomic E-state index is 12.0. The van der Waals surface area contributed by atoms with Crippen LogP contribution in [-0.2, 0) is 9.53 Å². The Morgan fingerprint density at radius 2 is 2.00 bits per heavy atom. The molecule has 0 radical (unpaired) electrons. The van der Waals surface area contributed by atoms with Gasteiger partial charge in [0.2, 0.25) is 5.88 Å². The molecule has 0 aromatic carbocycles. The van der Waals surface area contributed by atoms with E-state index < -0.39 is 17.9 Å². The van der Waals surface area contributed by atoms with Crippen molar-refractivity contribution in [1.29, 1.82) is 0 Å². The van der Waals surface area contributed by atoms with E-state index in [9.17, 15) is 9.59 Å². The van der Waals surface area contributed by atoms with Crippen LogP contribution >= 0.6 is 0 Å². The molecule has 0 saturated heterocycles. The first-order chi connectivity index (χ1) is 9.51. The quantitative estimate of drug-likeness (QED) is 0.743. The van der Waals surface area contributed by atoms with Gasteiger partial charge in [-0.25, -0.2) is 4.79 Å². The van der Waals surface area contributed by atoms with Crippen LogP contribution in [0.1, 0.15) is 24.3 Å². The van der Waals surface area contributed by atoms with Gasteiger partial charge in [0.1, 0.15) is 11.7 Å². The summed E-state index contributed by atoms with van der Waals surface area (Å²) in [5.41, 5.74) is 0.0323. The Morgan fingerprint density at radius 1 is 1.30 bits per heavy atom. The molecule has 0 bridgehead atoms. The average molecular weight is 283 g/mol. The molecule has 1 heterocycles. The van der Waals surface area contributed by atoms with Gasteiger partial charge in [-0.2, -0.15) is 9.97 Å². The van der Waals surface area contributed by atoms with E-state index >= 15 is 0 Å². The molecule has 1 atom stereocenters. The van der Waals surface area contributed by atoms with Crippen LogP contribution in [0.25, 0.3) is 0 Å². The smallest absolute Gasteiger partial charge is 0.328 e. The minimum atomic E-state index is -0.783. The fourth-order valence-corrected chi connectivity index (χ4v) is 1.31. The third-order valence-electron chi connectivity index (χ3n) is 2.29. The van der Waals surface area contributed by atoms with Gasteiger partial charge in [0.25, 0.3) is 5.91 Å². The molecule has 8 nitrogen and oxygen atoms in total. The van der Waals surface area contributed by atoms with Crippen LogP contribution in [-0.4, -0.2) is 48.7 Å². The Bertz CT molecular complexity index is 470. The predicted molar refractivity (Wildman–Crippen MR) is 68.7 cm³/mol. The molecule has 110 valence electrons. The molecule has 0 aliphatic carbocycles. The maximum Gasteiger partial charge on any atom is 0.328 e. The molecule has 20 heavy (non-hydrogen) atoms. The van der Waals surface area contributed by atoms with Crippen molar-refractivity contribution in [3.63, 3.8) is 0 Å². The second kappa shape index (κ2) is 7.27. The maximum atomic E-state index is 12.0. The third kappa shape index (κ3) is 4.08. The van der Waals surface area contributed by atoms with Crippen LogP contribution in [0.4, 0.5) is 0 Å². The van der Waals surface area contributed by atoms with Gasteiger partial charge >= 0.3 is 12.0 Å². The van der Waals surface area contributed by atoms with Crippen LogP contribution in [0, 0.1) is 0 Å². The van der Waals surface area contributed by atoms with Crippen molar-refractivity contribution < 1.29 is 23.8 Å². The van der Waals surface area contributed by atoms with Crippen LogP contribution in [0.2, 0.25) is 0 Å². The lowest BCUT2D eigenvalue weighted by Gasteiger charge is -2.12. The van der Waals surface area contributed by atoms with Gasteiger partial charge < -0.3 is 19.5 Å². The van der Waals surface area contributed by atoms with Gasteiger partial charge in [0, 0.05) is 6.07 Å².